The first-order chi connectivity index (χ1) is 12.5. The number of nitrogens with zero attached hydrogens (tertiary/aromatic N) is 2. The number of hydrogen-bond acceptors (Lipinski definition) is 4. The topological polar surface area (TPSA) is 72.7 Å². The average Bonchev–Trinajstić information content (AvgIpc) is 3.08. The molecule has 1 amide bonds. The van der Waals surface area contributed by atoms with Crippen molar-refractivity contribution in [1.82, 2.24) is 14.7 Å². The van der Waals surface area contributed by atoms with Crippen LogP contribution in [-0.2, 0) is 9.53 Å². The summed E-state index contributed by atoms with van der Waals surface area (Å²) in [5, 5.41) is 2.96. The minimum Gasteiger partial charge on any atom is -0.469 e. The van der Waals surface area contributed by atoms with E-state index in [0.717, 1.165) is 11.1 Å². The van der Waals surface area contributed by atoms with Crippen molar-refractivity contribution in [2.45, 2.75) is 19.9 Å². The number of benzene rings is 1. The zero-order valence-electron chi connectivity index (χ0n) is 15.0. The second kappa shape index (κ2) is 7.39. The van der Waals surface area contributed by atoms with Crippen LogP contribution in [-0.4, -0.2) is 28.4 Å². The maximum atomic E-state index is 12.9. The Labute approximate surface area is 151 Å². The number of fused-ring (bicyclic) bond motifs is 1. The molecule has 6 heteroatoms. The Morgan fingerprint density at radius 3 is 2.58 bits per heavy atom. The van der Waals surface area contributed by atoms with Crippen LogP contribution < -0.4 is 5.32 Å². The SMILES string of the molecule is COC(=O)C(C)C(NC(=O)c1cnc2ccc(C)cn12)c1ccccc1. The van der Waals surface area contributed by atoms with Gasteiger partial charge in [0.2, 0.25) is 0 Å². The Balaban J connectivity index is 1.94. The molecule has 0 bridgehead atoms. The summed E-state index contributed by atoms with van der Waals surface area (Å²) in [5.74, 6) is -1.21. The lowest BCUT2D eigenvalue weighted by Gasteiger charge is -2.24. The monoisotopic (exact) mass is 351 g/mol. The van der Waals surface area contributed by atoms with Gasteiger partial charge < -0.3 is 10.1 Å². The van der Waals surface area contributed by atoms with Gasteiger partial charge in [-0.2, -0.15) is 0 Å². The smallest absolute Gasteiger partial charge is 0.310 e. The number of aryl methyl sites for hydroxylation is 1. The molecule has 2 aromatic heterocycles. The van der Waals surface area contributed by atoms with Gasteiger partial charge in [-0.15, -0.1) is 0 Å². The van der Waals surface area contributed by atoms with Crippen molar-refractivity contribution in [2.24, 2.45) is 5.92 Å². The molecule has 2 heterocycles. The molecular formula is C20H21N3O3. The number of pyridine rings is 1. The molecule has 0 fully saturated rings. The molecule has 6 nitrogen and oxygen atoms in total. The van der Waals surface area contributed by atoms with Crippen molar-refractivity contribution >= 4 is 17.5 Å². The molecule has 3 aromatic rings. The molecular weight excluding hydrogens is 330 g/mol. The van der Waals surface area contributed by atoms with Crippen molar-refractivity contribution in [1.29, 1.82) is 0 Å². The third kappa shape index (κ3) is 3.44. The van der Waals surface area contributed by atoms with Crippen LogP contribution in [0.1, 0.15) is 34.6 Å². The van der Waals surface area contributed by atoms with E-state index in [9.17, 15) is 9.59 Å². The van der Waals surface area contributed by atoms with Crippen LogP contribution in [0.25, 0.3) is 5.65 Å². The number of methoxy groups -OCH3 is 1. The first-order valence-corrected chi connectivity index (χ1v) is 8.38. The molecule has 2 atom stereocenters. The van der Waals surface area contributed by atoms with Gasteiger partial charge in [0.05, 0.1) is 25.3 Å². The van der Waals surface area contributed by atoms with E-state index in [1.807, 2.05) is 55.6 Å². The van der Waals surface area contributed by atoms with Crippen molar-refractivity contribution in [3.8, 4) is 0 Å². The Kier molecular flexibility index (Phi) is 5.02. The molecule has 1 aromatic carbocycles. The van der Waals surface area contributed by atoms with Crippen molar-refractivity contribution in [3.05, 3.63) is 71.7 Å². The van der Waals surface area contributed by atoms with E-state index in [2.05, 4.69) is 10.3 Å². The van der Waals surface area contributed by atoms with Crippen LogP contribution in [0, 0.1) is 12.8 Å². The molecule has 134 valence electrons. The zero-order valence-corrected chi connectivity index (χ0v) is 15.0. The van der Waals surface area contributed by atoms with Gasteiger partial charge in [-0.25, -0.2) is 4.98 Å². The largest absolute Gasteiger partial charge is 0.469 e. The molecule has 0 aliphatic rings. The summed E-state index contributed by atoms with van der Waals surface area (Å²) in [4.78, 5) is 29.2. The Hall–Kier alpha value is -3.15. The first kappa shape index (κ1) is 17.7. The minimum absolute atomic E-state index is 0.298. The predicted octanol–water partition coefficient (Wildman–Crippen LogP) is 2.92. The average molecular weight is 351 g/mol. The molecule has 0 spiro atoms. The highest BCUT2D eigenvalue weighted by atomic mass is 16.5. The van der Waals surface area contributed by atoms with Gasteiger partial charge >= 0.3 is 5.97 Å². The summed E-state index contributed by atoms with van der Waals surface area (Å²) in [6.07, 6.45) is 3.40. The highest BCUT2D eigenvalue weighted by Crippen LogP contribution is 2.23. The zero-order chi connectivity index (χ0) is 18.7. The summed E-state index contributed by atoms with van der Waals surface area (Å²) in [5.41, 5.74) is 2.97. The van der Waals surface area contributed by atoms with Crippen LogP contribution in [0.5, 0.6) is 0 Å². The maximum Gasteiger partial charge on any atom is 0.310 e. The minimum atomic E-state index is -0.535. The summed E-state index contributed by atoms with van der Waals surface area (Å²) < 4.78 is 6.61. The molecule has 2 unspecified atom stereocenters. The molecule has 0 saturated carbocycles. The number of esters is 1. The third-order valence-corrected chi connectivity index (χ3v) is 4.40. The van der Waals surface area contributed by atoms with Crippen molar-refractivity contribution in [3.63, 3.8) is 0 Å². The summed E-state index contributed by atoms with van der Waals surface area (Å²) in [7, 11) is 1.34. The highest BCUT2D eigenvalue weighted by molar-refractivity contribution is 5.94. The Morgan fingerprint density at radius 2 is 1.88 bits per heavy atom. The highest BCUT2D eigenvalue weighted by Gasteiger charge is 2.28. The normalized spacial score (nSPS) is 13.2. The first-order valence-electron chi connectivity index (χ1n) is 8.38. The van der Waals surface area contributed by atoms with E-state index < -0.39 is 12.0 Å². The van der Waals surface area contributed by atoms with Gasteiger partial charge in [0.1, 0.15) is 11.3 Å². The number of aromatic nitrogens is 2. The van der Waals surface area contributed by atoms with E-state index in [-0.39, 0.29) is 11.9 Å². The lowest BCUT2D eigenvalue weighted by molar-refractivity contribution is -0.145. The number of imidazole rings is 1. The third-order valence-electron chi connectivity index (χ3n) is 4.40. The van der Waals surface area contributed by atoms with Crippen LogP contribution in [0.4, 0.5) is 0 Å². The van der Waals surface area contributed by atoms with Crippen LogP contribution >= 0.6 is 0 Å². The maximum absolute atomic E-state index is 12.9. The lowest BCUT2D eigenvalue weighted by atomic mass is 9.94. The number of carbonyl (C=O) groups excluding carboxylic acids is 2. The molecule has 3 rings (SSSR count). The molecule has 26 heavy (non-hydrogen) atoms. The quantitative estimate of drug-likeness (QED) is 0.718. The van der Waals surface area contributed by atoms with Gasteiger partial charge in [0.25, 0.3) is 5.91 Å². The Morgan fingerprint density at radius 1 is 1.15 bits per heavy atom. The van der Waals surface area contributed by atoms with E-state index >= 15 is 0 Å². The fraction of sp³-hybridized carbons (Fsp3) is 0.250. The van der Waals surface area contributed by atoms with E-state index in [4.69, 9.17) is 4.74 Å². The number of rotatable bonds is 5. The molecule has 0 saturated heterocycles. The fourth-order valence-electron chi connectivity index (χ4n) is 2.95. The van der Waals surface area contributed by atoms with Crippen LogP contribution in [0.2, 0.25) is 0 Å². The number of ether oxygens (including phenoxy) is 1. The molecule has 0 aliphatic heterocycles. The van der Waals surface area contributed by atoms with Gasteiger partial charge in [0, 0.05) is 6.20 Å². The van der Waals surface area contributed by atoms with Crippen molar-refractivity contribution < 1.29 is 14.3 Å². The number of hydrogen-bond donors (Lipinski definition) is 1. The van der Waals surface area contributed by atoms with Gasteiger partial charge in [-0.1, -0.05) is 36.4 Å². The predicted molar refractivity (Wildman–Crippen MR) is 97.8 cm³/mol. The van der Waals surface area contributed by atoms with Gasteiger partial charge in [0.15, 0.2) is 0 Å². The number of nitrogens with one attached hydrogen (secondary N) is 1. The van der Waals surface area contributed by atoms with Crippen LogP contribution in [0.15, 0.2) is 54.9 Å². The van der Waals surface area contributed by atoms with Crippen molar-refractivity contribution in [2.75, 3.05) is 7.11 Å². The standard InChI is InChI=1S/C20H21N3O3/c1-13-9-10-17-21-11-16(23(17)12-13)19(24)22-18(14(2)20(25)26-3)15-7-5-4-6-8-15/h4-12,14,18H,1-3H3,(H,22,24). The lowest BCUT2D eigenvalue weighted by Crippen LogP contribution is -2.36. The second-order valence-corrected chi connectivity index (χ2v) is 6.25. The number of carbonyl (C=O) groups is 2. The van der Waals surface area contributed by atoms with Gasteiger partial charge in [-0.05, 0) is 31.0 Å². The van der Waals surface area contributed by atoms with Crippen LogP contribution in [0.3, 0.4) is 0 Å². The summed E-state index contributed by atoms with van der Waals surface area (Å²) in [6, 6.07) is 12.7. The fourth-order valence-corrected chi connectivity index (χ4v) is 2.95. The van der Waals surface area contributed by atoms with E-state index in [0.29, 0.717) is 11.3 Å². The Bertz CT molecular complexity index is 934. The van der Waals surface area contributed by atoms with E-state index in [1.165, 1.54) is 13.3 Å². The van der Waals surface area contributed by atoms with Gasteiger partial charge in [-0.3, -0.25) is 14.0 Å². The number of amides is 1. The molecule has 0 radical (unpaired) electrons. The molecule has 1 N–H and O–H groups in total. The second-order valence-electron chi connectivity index (χ2n) is 6.25. The molecule has 0 aliphatic carbocycles. The van der Waals surface area contributed by atoms with E-state index in [1.54, 1.807) is 11.3 Å². The summed E-state index contributed by atoms with van der Waals surface area (Å²) >= 11 is 0. The summed E-state index contributed by atoms with van der Waals surface area (Å²) in [6.45, 7) is 3.69.